The Kier molecular flexibility index (Phi) is 6.98. The van der Waals surface area contributed by atoms with Gasteiger partial charge in [0.05, 0.1) is 6.61 Å². The van der Waals surface area contributed by atoms with E-state index in [0.717, 1.165) is 29.2 Å². The first-order valence-corrected chi connectivity index (χ1v) is 17.2. The van der Waals surface area contributed by atoms with E-state index in [2.05, 4.69) is 183 Å². The van der Waals surface area contributed by atoms with Crippen LogP contribution in [0.2, 0.25) is 0 Å². The lowest BCUT2D eigenvalue weighted by Gasteiger charge is -2.27. The fraction of sp³-hybridized carbons (Fsp3) is 0.106. The first-order valence-electron chi connectivity index (χ1n) is 17.2. The Bertz CT molecular complexity index is 2220. The summed E-state index contributed by atoms with van der Waals surface area (Å²) in [4.78, 5) is 2.40. The summed E-state index contributed by atoms with van der Waals surface area (Å²) in [7, 11) is 0. The predicted octanol–water partition coefficient (Wildman–Crippen LogP) is 12.4. The molecule has 0 unspecified atom stereocenters. The number of hydrogen-bond acceptors (Lipinski definition) is 2. The third-order valence-electron chi connectivity index (χ3n) is 10.4. The smallest absolute Gasteiger partial charge is 0.127 e. The van der Waals surface area contributed by atoms with Gasteiger partial charge in [-0.2, -0.15) is 0 Å². The van der Waals surface area contributed by atoms with Gasteiger partial charge in [0.1, 0.15) is 5.75 Å². The highest BCUT2D eigenvalue weighted by Gasteiger charge is 2.38. The van der Waals surface area contributed by atoms with Crippen LogP contribution in [0, 0.1) is 0 Å². The lowest BCUT2D eigenvalue weighted by molar-refractivity contribution is 0.326. The first kappa shape index (κ1) is 29.3. The van der Waals surface area contributed by atoms with Crippen molar-refractivity contribution < 1.29 is 4.74 Å². The largest absolute Gasteiger partial charge is 0.493 e. The second-order valence-corrected chi connectivity index (χ2v) is 13.6. The van der Waals surface area contributed by atoms with E-state index in [1.54, 1.807) is 0 Å². The van der Waals surface area contributed by atoms with Crippen LogP contribution < -0.4 is 9.64 Å². The highest BCUT2D eigenvalue weighted by atomic mass is 16.5. The third-order valence-corrected chi connectivity index (χ3v) is 10.4. The quantitative estimate of drug-likeness (QED) is 0.187. The fourth-order valence-corrected chi connectivity index (χ4v) is 7.95. The Morgan fingerprint density at radius 1 is 0.469 bits per heavy atom. The topological polar surface area (TPSA) is 12.5 Å². The van der Waals surface area contributed by atoms with E-state index < -0.39 is 0 Å². The van der Waals surface area contributed by atoms with Crippen molar-refractivity contribution in [3.05, 3.63) is 180 Å². The van der Waals surface area contributed by atoms with E-state index in [0.29, 0.717) is 6.61 Å². The molecule has 0 radical (unpaired) electrons. The molecule has 7 aromatic carbocycles. The van der Waals surface area contributed by atoms with Crippen molar-refractivity contribution in [2.24, 2.45) is 0 Å². The molecule has 0 N–H and O–H groups in total. The monoisotopic (exact) mass is 631 g/mol. The summed E-state index contributed by atoms with van der Waals surface area (Å²) in [5.41, 5.74) is 17.4. The summed E-state index contributed by atoms with van der Waals surface area (Å²) >= 11 is 0. The zero-order valence-electron chi connectivity index (χ0n) is 27.9. The molecule has 0 fully saturated rings. The Hall–Kier alpha value is -5.86. The van der Waals surface area contributed by atoms with Gasteiger partial charge >= 0.3 is 0 Å². The minimum absolute atomic E-state index is 0.107. The Morgan fingerprint density at radius 2 is 1.00 bits per heavy atom. The molecule has 0 atom stereocenters. The van der Waals surface area contributed by atoms with Crippen LogP contribution in [0.5, 0.6) is 5.75 Å². The average molecular weight is 632 g/mol. The molecule has 1 aliphatic heterocycles. The molecule has 2 aliphatic rings. The molecular weight excluding hydrogens is 595 g/mol. The molecule has 0 bridgehead atoms. The SMILES string of the molecule is CC1(C)c2ccc(N(c3ccc(-c4ccccc4)cc3)c3ccc(-c4ccccc4)cc3)cc2-c2c1ccc1c2CCOc2ccccc2-1. The van der Waals surface area contributed by atoms with Crippen LogP contribution in [0.25, 0.3) is 44.5 Å². The molecular formula is C47H37NO. The van der Waals surface area contributed by atoms with E-state index in [-0.39, 0.29) is 5.41 Å². The Labute approximate surface area is 288 Å². The summed E-state index contributed by atoms with van der Waals surface area (Å²) < 4.78 is 6.28. The minimum atomic E-state index is -0.107. The molecule has 2 heteroatoms. The van der Waals surface area contributed by atoms with Crippen molar-refractivity contribution in [3.63, 3.8) is 0 Å². The molecule has 1 heterocycles. The van der Waals surface area contributed by atoms with Crippen LogP contribution in [-0.4, -0.2) is 6.61 Å². The standard InChI is InChI=1S/C47H37NO/c1-47(2)43-27-25-38(31-42(43)46-41-29-30-49-45-16-10-9-15-40(45)39(41)26-28-44(46)47)48(36-21-17-34(18-22-36)32-11-5-3-6-12-32)37-23-19-35(20-24-37)33-13-7-4-8-14-33/h3-28,31H,29-30H2,1-2H3. The second-order valence-electron chi connectivity index (χ2n) is 13.6. The first-order chi connectivity index (χ1) is 24.1. The van der Waals surface area contributed by atoms with E-state index in [1.807, 2.05) is 0 Å². The number of ether oxygens (including phenoxy) is 1. The van der Waals surface area contributed by atoms with Gasteiger partial charge in [0, 0.05) is 34.5 Å². The number of anilines is 3. The summed E-state index contributed by atoms with van der Waals surface area (Å²) in [5.74, 6) is 0.969. The number of rotatable bonds is 5. The lowest BCUT2D eigenvalue weighted by Crippen LogP contribution is -2.15. The summed E-state index contributed by atoms with van der Waals surface area (Å²) in [6, 6.07) is 59.4. The van der Waals surface area contributed by atoms with Gasteiger partial charge in [0.15, 0.2) is 0 Å². The zero-order chi connectivity index (χ0) is 33.0. The molecule has 0 saturated carbocycles. The molecule has 49 heavy (non-hydrogen) atoms. The number of hydrogen-bond donors (Lipinski definition) is 0. The lowest BCUT2D eigenvalue weighted by atomic mass is 9.81. The number of nitrogens with zero attached hydrogens (tertiary/aromatic N) is 1. The van der Waals surface area contributed by atoms with Crippen molar-refractivity contribution in [2.75, 3.05) is 11.5 Å². The molecule has 236 valence electrons. The van der Waals surface area contributed by atoms with Crippen molar-refractivity contribution in [3.8, 4) is 50.3 Å². The molecule has 0 aromatic heterocycles. The van der Waals surface area contributed by atoms with Crippen LogP contribution in [-0.2, 0) is 11.8 Å². The molecule has 9 rings (SSSR count). The molecule has 2 nitrogen and oxygen atoms in total. The number of fused-ring (bicyclic) bond motifs is 7. The van der Waals surface area contributed by atoms with Gasteiger partial charge in [0.25, 0.3) is 0 Å². The van der Waals surface area contributed by atoms with Crippen molar-refractivity contribution in [1.29, 1.82) is 0 Å². The van der Waals surface area contributed by atoms with Crippen molar-refractivity contribution in [1.82, 2.24) is 0 Å². The van der Waals surface area contributed by atoms with E-state index in [9.17, 15) is 0 Å². The normalized spacial score (nSPS) is 13.7. The maximum absolute atomic E-state index is 6.28. The van der Waals surface area contributed by atoms with Gasteiger partial charge in [-0.1, -0.05) is 135 Å². The van der Waals surface area contributed by atoms with Crippen LogP contribution >= 0.6 is 0 Å². The van der Waals surface area contributed by atoms with Crippen LogP contribution in [0.1, 0.15) is 30.5 Å². The van der Waals surface area contributed by atoms with E-state index >= 15 is 0 Å². The molecule has 7 aromatic rings. The predicted molar refractivity (Wildman–Crippen MR) is 204 cm³/mol. The highest BCUT2D eigenvalue weighted by molar-refractivity contribution is 5.92. The molecule has 0 saturated heterocycles. The third kappa shape index (κ3) is 4.95. The second kappa shape index (κ2) is 11.7. The molecule has 0 amide bonds. The summed E-state index contributed by atoms with van der Waals surface area (Å²) in [5, 5.41) is 0. The molecule has 0 spiro atoms. The molecule has 1 aliphatic carbocycles. The van der Waals surface area contributed by atoms with Crippen molar-refractivity contribution in [2.45, 2.75) is 25.7 Å². The van der Waals surface area contributed by atoms with Crippen LogP contribution in [0.15, 0.2) is 164 Å². The van der Waals surface area contributed by atoms with Gasteiger partial charge < -0.3 is 9.64 Å². The highest BCUT2D eigenvalue weighted by Crippen LogP contribution is 2.54. The van der Waals surface area contributed by atoms with Gasteiger partial charge in [-0.05, 0) is 98.1 Å². The Morgan fingerprint density at radius 3 is 1.63 bits per heavy atom. The van der Waals surface area contributed by atoms with Gasteiger partial charge in [-0.15, -0.1) is 0 Å². The van der Waals surface area contributed by atoms with Crippen LogP contribution in [0.4, 0.5) is 17.1 Å². The average Bonchev–Trinajstić information content (AvgIpc) is 3.25. The Balaban J connectivity index is 1.20. The number of benzene rings is 7. The van der Waals surface area contributed by atoms with E-state index in [1.165, 1.54) is 61.2 Å². The van der Waals surface area contributed by atoms with Gasteiger partial charge in [-0.25, -0.2) is 0 Å². The number of para-hydroxylation sites is 1. The summed E-state index contributed by atoms with van der Waals surface area (Å²) in [6.45, 7) is 5.41. The van der Waals surface area contributed by atoms with Gasteiger partial charge in [-0.3, -0.25) is 0 Å². The van der Waals surface area contributed by atoms with Gasteiger partial charge in [0.2, 0.25) is 0 Å². The van der Waals surface area contributed by atoms with E-state index in [4.69, 9.17) is 4.74 Å². The fourth-order valence-electron chi connectivity index (χ4n) is 7.95. The minimum Gasteiger partial charge on any atom is -0.493 e. The summed E-state index contributed by atoms with van der Waals surface area (Å²) in [6.07, 6.45) is 0.874. The van der Waals surface area contributed by atoms with Crippen molar-refractivity contribution >= 4 is 17.1 Å². The zero-order valence-corrected chi connectivity index (χ0v) is 27.9. The van der Waals surface area contributed by atoms with Crippen LogP contribution in [0.3, 0.4) is 0 Å². The maximum atomic E-state index is 6.28. The maximum Gasteiger partial charge on any atom is 0.127 e.